The summed E-state index contributed by atoms with van der Waals surface area (Å²) in [5.74, 6) is 0.253. The third-order valence-electron chi connectivity index (χ3n) is 3.95. The molecule has 0 amide bonds. The lowest BCUT2D eigenvalue weighted by molar-refractivity contribution is 0.0543. The van der Waals surface area contributed by atoms with E-state index in [0.717, 1.165) is 5.56 Å². The first-order valence-corrected chi connectivity index (χ1v) is 6.84. The summed E-state index contributed by atoms with van der Waals surface area (Å²) in [6, 6.07) is 14.3. The predicted molar refractivity (Wildman–Crippen MR) is 75.2 cm³/mol. The Balaban J connectivity index is 1.87. The molecule has 3 rings (SSSR count). The second-order valence-corrected chi connectivity index (χ2v) is 5.29. The molecule has 1 aliphatic heterocycles. The van der Waals surface area contributed by atoms with Crippen molar-refractivity contribution in [2.45, 2.75) is 31.5 Å². The van der Waals surface area contributed by atoms with Crippen LogP contribution in [0.5, 0.6) is 5.75 Å². The van der Waals surface area contributed by atoms with Crippen molar-refractivity contribution in [1.29, 1.82) is 0 Å². The number of fused-ring (bicyclic) bond motifs is 1. The highest BCUT2D eigenvalue weighted by Crippen LogP contribution is 2.39. The largest absolute Gasteiger partial charge is 0.489 e. The van der Waals surface area contributed by atoms with E-state index in [-0.39, 0.29) is 17.8 Å². The van der Waals surface area contributed by atoms with E-state index in [4.69, 9.17) is 4.74 Å². The molecule has 1 N–H and O–H groups in total. The molecule has 0 spiro atoms. The SMILES string of the molecule is CC(c1ccccc1)C1C[C@@H](O)c2ccc(F)cc2O1. The first-order chi connectivity index (χ1) is 9.65. The minimum absolute atomic E-state index is 0.141. The third-order valence-corrected chi connectivity index (χ3v) is 3.95. The van der Waals surface area contributed by atoms with Crippen LogP contribution < -0.4 is 4.74 Å². The van der Waals surface area contributed by atoms with Gasteiger partial charge in [0.15, 0.2) is 0 Å². The van der Waals surface area contributed by atoms with Crippen LogP contribution in [0.3, 0.4) is 0 Å². The number of hydrogen-bond acceptors (Lipinski definition) is 2. The number of rotatable bonds is 2. The molecule has 1 aliphatic rings. The summed E-state index contributed by atoms with van der Waals surface area (Å²) in [6.07, 6.45) is -0.230. The molecule has 2 aromatic carbocycles. The van der Waals surface area contributed by atoms with Crippen LogP contribution in [0.4, 0.5) is 4.39 Å². The van der Waals surface area contributed by atoms with Crippen molar-refractivity contribution in [2.75, 3.05) is 0 Å². The first kappa shape index (κ1) is 13.1. The number of benzene rings is 2. The van der Waals surface area contributed by atoms with Gasteiger partial charge in [0.25, 0.3) is 0 Å². The molecule has 0 fully saturated rings. The van der Waals surface area contributed by atoms with E-state index < -0.39 is 6.10 Å². The van der Waals surface area contributed by atoms with Gasteiger partial charge in [-0.15, -0.1) is 0 Å². The molecule has 0 aliphatic carbocycles. The summed E-state index contributed by atoms with van der Waals surface area (Å²) in [7, 11) is 0. The van der Waals surface area contributed by atoms with Gasteiger partial charge >= 0.3 is 0 Å². The van der Waals surface area contributed by atoms with Crippen molar-refractivity contribution in [3.8, 4) is 5.75 Å². The maximum Gasteiger partial charge on any atom is 0.128 e. The van der Waals surface area contributed by atoms with Crippen LogP contribution in [0.2, 0.25) is 0 Å². The van der Waals surface area contributed by atoms with Gasteiger partial charge in [0, 0.05) is 24.0 Å². The molecule has 0 radical (unpaired) electrons. The standard InChI is InChI=1S/C17H17FO2/c1-11(12-5-3-2-4-6-12)16-10-15(19)14-8-7-13(18)9-17(14)20-16/h2-9,11,15-16,19H,10H2,1H3/t11?,15-,16?/m1/s1. The highest BCUT2D eigenvalue weighted by Gasteiger charge is 2.31. The number of aliphatic hydroxyl groups excluding tert-OH is 1. The summed E-state index contributed by atoms with van der Waals surface area (Å²) in [5.41, 5.74) is 1.83. The number of aliphatic hydroxyl groups is 1. The lowest BCUT2D eigenvalue weighted by atomic mass is 9.88. The zero-order valence-electron chi connectivity index (χ0n) is 11.3. The molecular weight excluding hydrogens is 255 g/mol. The fraction of sp³-hybridized carbons (Fsp3) is 0.294. The lowest BCUT2D eigenvalue weighted by Crippen LogP contribution is -2.30. The highest BCUT2D eigenvalue weighted by molar-refractivity contribution is 5.38. The molecule has 2 unspecified atom stereocenters. The van der Waals surface area contributed by atoms with Crippen LogP contribution in [0, 0.1) is 5.82 Å². The normalized spacial score (nSPS) is 22.8. The number of halogens is 1. The van der Waals surface area contributed by atoms with E-state index in [9.17, 15) is 9.50 Å². The molecule has 0 aromatic heterocycles. The van der Waals surface area contributed by atoms with Gasteiger partial charge in [-0.05, 0) is 17.7 Å². The minimum Gasteiger partial charge on any atom is -0.489 e. The van der Waals surface area contributed by atoms with Crippen LogP contribution in [0.25, 0.3) is 0 Å². The molecule has 3 atom stereocenters. The van der Waals surface area contributed by atoms with E-state index in [1.165, 1.54) is 12.1 Å². The Labute approximate surface area is 117 Å². The van der Waals surface area contributed by atoms with Crippen molar-refractivity contribution >= 4 is 0 Å². The summed E-state index contributed by atoms with van der Waals surface area (Å²) >= 11 is 0. The topological polar surface area (TPSA) is 29.5 Å². The second-order valence-electron chi connectivity index (χ2n) is 5.29. The van der Waals surface area contributed by atoms with Crippen LogP contribution in [-0.2, 0) is 0 Å². The molecule has 0 bridgehead atoms. The van der Waals surface area contributed by atoms with Gasteiger partial charge in [-0.2, -0.15) is 0 Å². The van der Waals surface area contributed by atoms with Crippen molar-refractivity contribution < 1.29 is 14.2 Å². The zero-order valence-corrected chi connectivity index (χ0v) is 11.3. The van der Waals surface area contributed by atoms with E-state index >= 15 is 0 Å². The Morgan fingerprint density at radius 3 is 2.70 bits per heavy atom. The maximum atomic E-state index is 13.3. The van der Waals surface area contributed by atoms with Gasteiger partial charge in [-0.1, -0.05) is 37.3 Å². The van der Waals surface area contributed by atoms with Crippen LogP contribution in [-0.4, -0.2) is 11.2 Å². The molecular formula is C17H17FO2. The molecule has 0 saturated carbocycles. The van der Waals surface area contributed by atoms with Gasteiger partial charge < -0.3 is 9.84 Å². The molecule has 20 heavy (non-hydrogen) atoms. The Morgan fingerprint density at radius 1 is 1.20 bits per heavy atom. The van der Waals surface area contributed by atoms with Crippen LogP contribution in [0.15, 0.2) is 48.5 Å². The van der Waals surface area contributed by atoms with Crippen molar-refractivity contribution in [2.24, 2.45) is 0 Å². The monoisotopic (exact) mass is 272 g/mol. The fourth-order valence-electron chi connectivity index (χ4n) is 2.72. The van der Waals surface area contributed by atoms with Crippen molar-refractivity contribution in [1.82, 2.24) is 0 Å². The van der Waals surface area contributed by atoms with Gasteiger partial charge in [0.05, 0.1) is 6.10 Å². The Morgan fingerprint density at radius 2 is 1.95 bits per heavy atom. The van der Waals surface area contributed by atoms with Crippen molar-refractivity contribution in [3.63, 3.8) is 0 Å². The van der Waals surface area contributed by atoms with E-state index in [0.29, 0.717) is 17.7 Å². The van der Waals surface area contributed by atoms with Gasteiger partial charge in [0.2, 0.25) is 0 Å². The minimum atomic E-state index is -0.601. The average Bonchev–Trinajstić information content (AvgIpc) is 2.46. The van der Waals surface area contributed by atoms with E-state index in [1.807, 2.05) is 30.3 Å². The lowest BCUT2D eigenvalue weighted by Gasteiger charge is -2.33. The smallest absolute Gasteiger partial charge is 0.128 e. The summed E-state index contributed by atoms with van der Waals surface area (Å²) in [6.45, 7) is 2.07. The molecule has 104 valence electrons. The third kappa shape index (κ3) is 2.41. The summed E-state index contributed by atoms with van der Waals surface area (Å²) < 4.78 is 19.2. The summed E-state index contributed by atoms with van der Waals surface area (Å²) in [5, 5.41) is 10.2. The second kappa shape index (κ2) is 5.25. The Kier molecular flexibility index (Phi) is 3.45. The zero-order chi connectivity index (χ0) is 14.1. The molecule has 2 nitrogen and oxygen atoms in total. The molecule has 3 heteroatoms. The van der Waals surface area contributed by atoms with E-state index in [1.54, 1.807) is 6.07 Å². The predicted octanol–water partition coefficient (Wildman–Crippen LogP) is 3.81. The number of ether oxygens (including phenoxy) is 1. The Bertz CT molecular complexity index is 597. The van der Waals surface area contributed by atoms with Gasteiger partial charge in [0.1, 0.15) is 17.7 Å². The fourth-order valence-corrected chi connectivity index (χ4v) is 2.72. The summed E-state index contributed by atoms with van der Waals surface area (Å²) in [4.78, 5) is 0. The van der Waals surface area contributed by atoms with Gasteiger partial charge in [-0.3, -0.25) is 0 Å². The molecule has 2 aromatic rings. The Hall–Kier alpha value is -1.87. The van der Waals surface area contributed by atoms with Gasteiger partial charge in [-0.25, -0.2) is 4.39 Å². The average molecular weight is 272 g/mol. The van der Waals surface area contributed by atoms with Crippen LogP contribution in [0.1, 0.15) is 36.5 Å². The quantitative estimate of drug-likeness (QED) is 0.900. The highest BCUT2D eigenvalue weighted by atomic mass is 19.1. The molecule has 1 heterocycles. The van der Waals surface area contributed by atoms with Crippen LogP contribution >= 0.6 is 0 Å². The molecule has 0 saturated heterocycles. The van der Waals surface area contributed by atoms with E-state index in [2.05, 4.69) is 6.92 Å². The maximum absolute atomic E-state index is 13.3. The number of hydrogen-bond donors (Lipinski definition) is 1. The first-order valence-electron chi connectivity index (χ1n) is 6.84. The van der Waals surface area contributed by atoms with Crippen molar-refractivity contribution in [3.05, 3.63) is 65.5 Å².